The molecule has 0 atom stereocenters. The number of amides is 1. The summed E-state index contributed by atoms with van der Waals surface area (Å²) in [5.74, 6) is -2.65. The Balaban J connectivity index is 0.00000320. The normalized spacial score (nSPS) is 10.5. The average Bonchev–Trinajstić information content (AvgIpc) is 3.24. The largest absolute Gasteiger partial charge is 1.00 e. The number of aromatic nitrogens is 2. The van der Waals surface area contributed by atoms with E-state index >= 15 is 0 Å². The van der Waals surface area contributed by atoms with Crippen molar-refractivity contribution in [3.8, 4) is 17.0 Å². The SMILES string of the molecule is CCn1cc(NC(=O)CCc2onc(-c3ccc(O)cc3F)c2Cl)c(C(=O)[O-])c1.[K+]. The summed E-state index contributed by atoms with van der Waals surface area (Å²) in [6.45, 7) is 2.35. The summed E-state index contributed by atoms with van der Waals surface area (Å²) in [6, 6.07) is 3.52. The number of anilines is 1. The molecule has 2 heterocycles. The molecule has 0 saturated heterocycles. The van der Waals surface area contributed by atoms with Crippen molar-refractivity contribution < 1.29 is 80.1 Å². The number of halogens is 2. The van der Waals surface area contributed by atoms with Crippen LogP contribution in [0.5, 0.6) is 5.75 Å². The van der Waals surface area contributed by atoms with Crippen molar-refractivity contribution in [3.05, 3.63) is 52.8 Å². The van der Waals surface area contributed by atoms with Gasteiger partial charge in [-0.2, -0.15) is 0 Å². The van der Waals surface area contributed by atoms with Crippen LogP contribution < -0.4 is 61.8 Å². The standard InChI is InChI=1S/C19H17ClFN3O5.K/c1-2-24-8-12(19(27)28)14(9-24)22-16(26)6-5-15-17(20)18(23-29-15)11-4-3-10(25)7-13(11)21;/h3-4,7-9,25H,2,5-6H2,1H3,(H,22,26)(H,27,28);/q;+1/p-1. The van der Waals surface area contributed by atoms with Crippen LogP contribution in [0.3, 0.4) is 0 Å². The summed E-state index contributed by atoms with van der Waals surface area (Å²) in [5.41, 5.74) is 0.112. The molecule has 0 spiro atoms. The van der Waals surface area contributed by atoms with E-state index in [1.54, 1.807) is 4.57 Å². The molecule has 0 aliphatic carbocycles. The molecule has 1 aromatic carbocycles. The number of benzene rings is 1. The molecular weight excluding hydrogens is 444 g/mol. The van der Waals surface area contributed by atoms with Crippen LogP contribution in [0.1, 0.15) is 29.5 Å². The molecule has 0 unspecified atom stereocenters. The minimum absolute atomic E-state index is 0. The van der Waals surface area contributed by atoms with Crippen molar-refractivity contribution in [3.63, 3.8) is 0 Å². The third kappa shape index (κ3) is 5.51. The Hall–Kier alpha value is -1.69. The van der Waals surface area contributed by atoms with Crippen LogP contribution in [0.25, 0.3) is 11.3 Å². The van der Waals surface area contributed by atoms with Crippen LogP contribution in [-0.2, 0) is 17.8 Å². The Bertz CT molecular complexity index is 1080. The molecular formula is C19H16ClFKN3O5. The number of phenols is 1. The van der Waals surface area contributed by atoms with Crippen LogP contribution in [0.4, 0.5) is 10.1 Å². The number of rotatable bonds is 7. The van der Waals surface area contributed by atoms with E-state index in [-0.39, 0.29) is 103 Å². The van der Waals surface area contributed by atoms with Crippen LogP contribution in [0, 0.1) is 5.82 Å². The summed E-state index contributed by atoms with van der Waals surface area (Å²) < 4.78 is 20.7. The number of hydrogen-bond donors (Lipinski definition) is 2. The number of aryl methyl sites for hydroxylation is 2. The van der Waals surface area contributed by atoms with Gasteiger partial charge in [-0.3, -0.25) is 4.79 Å². The summed E-state index contributed by atoms with van der Waals surface area (Å²) in [5, 5.41) is 26.8. The Morgan fingerprint density at radius 1 is 1.37 bits per heavy atom. The second-order valence-corrected chi connectivity index (χ2v) is 6.56. The molecule has 8 nitrogen and oxygen atoms in total. The van der Waals surface area contributed by atoms with Crippen molar-refractivity contribution in [2.24, 2.45) is 0 Å². The van der Waals surface area contributed by atoms with Crippen molar-refractivity contribution in [1.82, 2.24) is 9.72 Å². The first kappa shape index (κ1) is 24.6. The van der Waals surface area contributed by atoms with Crippen LogP contribution in [0.2, 0.25) is 5.02 Å². The molecule has 0 radical (unpaired) electrons. The maximum absolute atomic E-state index is 14.0. The first-order chi connectivity index (χ1) is 13.8. The second kappa shape index (κ2) is 10.6. The minimum atomic E-state index is -1.40. The third-order valence-electron chi connectivity index (χ3n) is 4.23. The van der Waals surface area contributed by atoms with E-state index in [0.29, 0.717) is 6.54 Å². The molecule has 3 aromatic rings. The zero-order chi connectivity index (χ0) is 21.1. The van der Waals surface area contributed by atoms with Crippen molar-refractivity contribution in [1.29, 1.82) is 0 Å². The minimum Gasteiger partial charge on any atom is -0.545 e. The number of nitrogens with one attached hydrogen (secondary N) is 1. The van der Waals surface area contributed by atoms with Crippen LogP contribution in [0.15, 0.2) is 35.1 Å². The number of carboxylic acids is 1. The van der Waals surface area contributed by atoms with Crippen molar-refractivity contribution in [2.45, 2.75) is 26.3 Å². The Kier molecular flexibility index (Phi) is 8.65. The summed E-state index contributed by atoms with van der Waals surface area (Å²) >= 11 is 6.20. The molecule has 2 N–H and O–H groups in total. The maximum Gasteiger partial charge on any atom is 1.00 e. The fourth-order valence-corrected chi connectivity index (χ4v) is 2.99. The summed E-state index contributed by atoms with van der Waals surface area (Å²) in [7, 11) is 0. The molecule has 0 aliphatic heterocycles. The van der Waals surface area contributed by atoms with Gasteiger partial charge in [-0.1, -0.05) is 16.8 Å². The topological polar surface area (TPSA) is 120 Å². The van der Waals surface area contributed by atoms with E-state index in [1.165, 1.54) is 24.5 Å². The molecule has 0 aliphatic rings. The Labute approximate surface area is 218 Å². The monoisotopic (exact) mass is 459 g/mol. The molecule has 3 rings (SSSR count). The number of carboxylic acid groups (broad SMARTS) is 1. The molecule has 30 heavy (non-hydrogen) atoms. The van der Waals surface area contributed by atoms with E-state index in [1.807, 2.05) is 6.92 Å². The molecule has 0 saturated carbocycles. The predicted molar refractivity (Wildman–Crippen MR) is 100.0 cm³/mol. The number of aromatic carboxylic acids is 1. The van der Waals surface area contributed by atoms with Gasteiger partial charge in [0, 0.05) is 49.0 Å². The van der Waals surface area contributed by atoms with E-state index in [0.717, 1.165) is 6.07 Å². The fraction of sp³-hybridized carbons (Fsp3) is 0.211. The van der Waals surface area contributed by atoms with Gasteiger partial charge in [0.1, 0.15) is 22.3 Å². The number of nitrogens with zero attached hydrogens (tertiary/aromatic N) is 2. The zero-order valence-electron chi connectivity index (χ0n) is 16.2. The van der Waals surface area contributed by atoms with Crippen LogP contribution in [-0.4, -0.2) is 26.7 Å². The van der Waals surface area contributed by atoms with E-state index in [4.69, 9.17) is 16.1 Å². The summed E-state index contributed by atoms with van der Waals surface area (Å²) in [4.78, 5) is 23.4. The molecule has 2 aromatic heterocycles. The number of hydrogen-bond acceptors (Lipinski definition) is 6. The Morgan fingerprint density at radius 3 is 2.73 bits per heavy atom. The number of carbonyl (C=O) groups is 2. The average molecular weight is 460 g/mol. The molecule has 0 bridgehead atoms. The van der Waals surface area contributed by atoms with Crippen LogP contribution >= 0.6 is 11.6 Å². The molecule has 0 fully saturated rings. The Morgan fingerprint density at radius 2 is 2.10 bits per heavy atom. The first-order valence-corrected chi connectivity index (χ1v) is 9.01. The van der Waals surface area contributed by atoms with Crippen molar-refractivity contribution in [2.75, 3.05) is 5.32 Å². The number of carbonyl (C=O) groups excluding carboxylic acids is 2. The predicted octanol–water partition coefficient (Wildman–Crippen LogP) is -0.400. The zero-order valence-corrected chi connectivity index (χ0v) is 20.1. The van der Waals surface area contributed by atoms with Gasteiger partial charge in [-0.15, -0.1) is 0 Å². The van der Waals surface area contributed by atoms with E-state index in [2.05, 4.69) is 10.5 Å². The number of phenolic OH excluding ortho intramolecular Hbond substituents is 1. The molecule has 11 heteroatoms. The van der Waals surface area contributed by atoms with Gasteiger partial charge < -0.3 is 29.4 Å². The van der Waals surface area contributed by atoms with Crippen molar-refractivity contribution >= 4 is 29.2 Å². The quantitative estimate of drug-likeness (QED) is 0.464. The molecule has 1 amide bonds. The van der Waals surface area contributed by atoms with Gasteiger partial charge >= 0.3 is 51.4 Å². The molecule has 152 valence electrons. The van der Waals surface area contributed by atoms with Gasteiger partial charge in [0.25, 0.3) is 0 Å². The third-order valence-corrected chi connectivity index (χ3v) is 4.62. The number of aromatic hydroxyl groups is 1. The van der Waals surface area contributed by atoms with E-state index in [9.17, 15) is 24.2 Å². The van der Waals surface area contributed by atoms with Gasteiger partial charge in [-0.05, 0) is 19.1 Å². The first-order valence-electron chi connectivity index (χ1n) is 8.64. The fourth-order valence-electron chi connectivity index (χ4n) is 2.72. The van der Waals surface area contributed by atoms with Gasteiger partial charge in [0.15, 0.2) is 5.76 Å². The van der Waals surface area contributed by atoms with E-state index < -0.39 is 17.7 Å². The smallest absolute Gasteiger partial charge is 0.545 e. The summed E-state index contributed by atoms with van der Waals surface area (Å²) in [6.07, 6.45) is 2.86. The van der Waals surface area contributed by atoms with Gasteiger partial charge in [0.2, 0.25) is 5.91 Å². The maximum atomic E-state index is 14.0. The van der Waals surface area contributed by atoms with Gasteiger partial charge in [0.05, 0.1) is 11.7 Å². The second-order valence-electron chi connectivity index (χ2n) is 6.18. The van der Waals surface area contributed by atoms with Gasteiger partial charge in [-0.25, -0.2) is 4.39 Å².